The second-order valence-electron chi connectivity index (χ2n) is 6.57. The molecule has 0 unspecified atom stereocenters. The van der Waals surface area contributed by atoms with Crippen molar-refractivity contribution >= 4 is 0 Å². The predicted molar refractivity (Wildman–Crippen MR) is 100 cm³/mol. The smallest absolute Gasteiger partial charge is 0.225 e. The second-order valence-corrected chi connectivity index (χ2v) is 6.57. The van der Waals surface area contributed by atoms with Crippen LogP contribution in [0.15, 0.2) is 39.6 Å². The van der Waals surface area contributed by atoms with Crippen molar-refractivity contribution in [1.82, 2.24) is 10.1 Å². The highest BCUT2D eigenvalue weighted by atomic mass is 16.5. The van der Waals surface area contributed by atoms with E-state index in [1.807, 2.05) is 13.0 Å². The zero-order valence-corrected chi connectivity index (χ0v) is 15.7. The number of oxazole rings is 1. The third kappa shape index (κ3) is 4.54. The first-order valence-electron chi connectivity index (χ1n) is 9.25. The van der Waals surface area contributed by atoms with Gasteiger partial charge >= 0.3 is 0 Å². The molecule has 26 heavy (non-hydrogen) atoms. The van der Waals surface area contributed by atoms with Crippen LogP contribution >= 0.6 is 0 Å². The Kier molecular flexibility index (Phi) is 6.10. The molecule has 2 heterocycles. The summed E-state index contributed by atoms with van der Waals surface area (Å²) in [4.78, 5) is 4.24. The van der Waals surface area contributed by atoms with Crippen LogP contribution in [0, 0.1) is 13.8 Å². The Bertz CT molecular complexity index is 822. The molecule has 0 aliphatic carbocycles. The summed E-state index contributed by atoms with van der Waals surface area (Å²) in [5.41, 5.74) is 4.25. The zero-order valence-electron chi connectivity index (χ0n) is 15.7. The summed E-state index contributed by atoms with van der Waals surface area (Å²) < 4.78 is 16.7. The first-order chi connectivity index (χ1) is 12.7. The molecule has 0 amide bonds. The number of hydrogen-bond donors (Lipinski definition) is 0. The number of aryl methyl sites for hydroxylation is 4. The summed E-state index contributed by atoms with van der Waals surface area (Å²) in [6.07, 6.45) is 8.33. The molecule has 0 N–H and O–H groups in total. The van der Waals surface area contributed by atoms with Crippen molar-refractivity contribution in [3.63, 3.8) is 0 Å². The minimum Gasteiger partial charge on any atom is -0.493 e. The first-order valence-corrected chi connectivity index (χ1v) is 9.25. The van der Waals surface area contributed by atoms with Crippen LogP contribution in [-0.2, 0) is 12.8 Å². The van der Waals surface area contributed by atoms with Gasteiger partial charge in [-0.05, 0) is 62.8 Å². The van der Waals surface area contributed by atoms with E-state index in [-0.39, 0.29) is 0 Å². The normalized spacial score (nSPS) is 11.0. The SMILES string of the molecule is CCc1cc(-c2ncco2)cc(C)c1OCCCCCc1cc(C)no1. The molecule has 0 radical (unpaired) electrons. The summed E-state index contributed by atoms with van der Waals surface area (Å²) in [5, 5.41) is 3.91. The molecule has 1 aromatic carbocycles. The molecule has 5 heteroatoms. The largest absolute Gasteiger partial charge is 0.493 e. The van der Waals surface area contributed by atoms with Gasteiger partial charge in [0.15, 0.2) is 0 Å². The van der Waals surface area contributed by atoms with Gasteiger partial charge in [0, 0.05) is 18.1 Å². The lowest BCUT2D eigenvalue weighted by Crippen LogP contribution is -2.03. The molecule has 0 bridgehead atoms. The van der Waals surface area contributed by atoms with E-state index in [1.165, 1.54) is 5.56 Å². The van der Waals surface area contributed by atoms with Crippen LogP contribution in [0.1, 0.15) is 48.8 Å². The standard InChI is InChI=1S/C21H26N2O3/c1-4-17-14-18(21-22-9-11-25-21)12-15(2)20(17)24-10-7-5-6-8-19-13-16(3)23-26-19/h9,11-14H,4-8,10H2,1-3H3. The van der Waals surface area contributed by atoms with E-state index < -0.39 is 0 Å². The van der Waals surface area contributed by atoms with Gasteiger partial charge < -0.3 is 13.7 Å². The van der Waals surface area contributed by atoms with Crippen LogP contribution in [0.3, 0.4) is 0 Å². The van der Waals surface area contributed by atoms with Crippen molar-refractivity contribution in [3.05, 3.63) is 53.2 Å². The number of rotatable bonds is 9. The number of unbranched alkanes of at least 4 members (excludes halogenated alkanes) is 2. The van der Waals surface area contributed by atoms with E-state index >= 15 is 0 Å². The van der Waals surface area contributed by atoms with Crippen LogP contribution in [0.4, 0.5) is 0 Å². The Morgan fingerprint density at radius 2 is 1.96 bits per heavy atom. The van der Waals surface area contributed by atoms with Crippen molar-refractivity contribution in [3.8, 4) is 17.2 Å². The molecular weight excluding hydrogens is 328 g/mol. The average Bonchev–Trinajstić information content (AvgIpc) is 3.30. The zero-order chi connectivity index (χ0) is 18.4. The number of nitrogens with zero attached hydrogens (tertiary/aromatic N) is 2. The maximum absolute atomic E-state index is 6.10. The van der Waals surface area contributed by atoms with Crippen LogP contribution in [0.2, 0.25) is 0 Å². The molecule has 0 aliphatic rings. The highest BCUT2D eigenvalue weighted by Crippen LogP contribution is 2.30. The maximum Gasteiger partial charge on any atom is 0.225 e. The average molecular weight is 354 g/mol. The van der Waals surface area contributed by atoms with E-state index in [0.29, 0.717) is 5.89 Å². The van der Waals surface area contributed by atoms with E-state index in [1.54, 1.807) is 12.5 Å². The van der Waals surface area contributed by atoms with Gasteiger partial charge in [-0.2, -0.15) is 0 Å². The van der Waals surface area contributed by atoms with E-state index in [0.717, 1.165) is 67.0 Å². The predicted octanol–water partition coefficient (Wildman–Crippen LogP) is 5.30. The molecule has 0 saturated heterocycles. The number of ether oxygens (including phenoxy) is 1. The van der Waals surface area contributed by atoms with Gasteiger partial charge in [-0.1, -0.05) is 12.1 Å². The summed E-state index contributed by atoms with van der Waals surface area (Å²) in [6, 6.07) is 6.19. The van der Waals surface area contributed by atoms with Gasteiger partial charge in [-0.25, -0.2) is 4.98 Å². The molecule has 0 aliphatic heterocycles. The Morgan fingerprint density at radius 3 is 2.65 bits per heavy atom. The Labute approximate surface area is 154 Å². The molecule has 138 valence electrons. The Morgan fingerprint density at radius 1 is 1.08 bits per heavy atom. The molecular formula is C21H26N2O3. The molecule has 0 saturated carbocycles. The summed E-state index contributed by atoms with van der Waals surface area (Å²) in [7, 11) is 0. The van der Waals surface area contributed by atoms with Gasteiger partial charge in [-0.15, -0.1) is 0 Å². The third-order valence-electron chi connectivity index (χ3n) is 4.40. The van der Waals surface area contributed by atoms with Crippen molar-refractivity contribution in [2.45, 2.75) is 52.9 Å². The lowest BCUT2D eigenvalue weighted by molar-refractivity contribution is 0.299. The fraction of sp³-hybridized carbons (Fsp3) is 0.429. The van der Waals surface area contributed by atoms with Gasteiger partial charge in [0.1, 0.15) is 17.8 Å². The van der Waals surface area contributed by atoms with Gasteiger partial charge in [-0.3, -0.25) is 0 Å². The van der Waals surface area contributed by atoms with Crippen LogP contribution in [0.5, 0.6) is 5.75 Å². The van der Waals surface area contributed by atoms with E-state index in [9.17, 15) is 0 Å². The molecule has 5 nitrogen and oxygen atoms in total. The van der Waals surface area contributed by atoms with E-state index in [4.69, 9.17) is 13.7 Å². The van der Waals surface area contributed by atoms with Crippen LogP contribution in [-0.4, -0.2) is 16.7 Å². The Balaban J connectivity index is 1.51. The number of aromatic nitrogens is 2. The molecule has 0 spiro atoms. The van der Waals surface area contributed by atoms with Crippen molar-refractivity contribution in [2.24, 2.45) is 0 Å². The molecule has 0 fully saturated rings. The van der Waals surface area contributed by atoms with Gasteiger partial charge in [0.05, 0.1) is 18.5 Å². The minimum atomic E-state index is 0.650. The van der Waals surface area contributed by atoms with Gasteiger partial charge in [0.2, 0.25) is 5.89 Å². The third-order valence-corrected chi connectivity index (χ3v) is 4.40. The fourth-order valence-electron chi connectivity index (χ4n) is 3.09. The highest BCUT2D eigenvalue weighted by Gasteiger charge is 2.12. The molecule has 2 aromatic heterocycles. The lowest BCUT2D eigenvalue weighted by Gasteiger charge is -2.14. The highest BCUT2D eigenvalue weighted by molar-refractivity contribution is 5.60. The topological polar surface area (TPSA) is 61.3 Å². The fourth-order valence-corrected chi connectivity index (χ4v) is 3.09. The molecule has 0 atom stereocenters. The summed E-state index contributed by atoms with van der Waals surface area (Å²) in [6.45, 7) is 6.89. The van der Waals surface area contributed by atoms with Gasteiger partial charge in [0.25, 0.3) is 0 Å². The van der Waals surface area contributed by atoms with E-state index in [2.05, 4.69) is 36.1 Å². The number of hydrogen-bond acceptors (Lipinski definition) is 5. The van der Waals surface area contributed by atoms with Crippen molar-refractivity contribution in [1.29, 1.82) is 0 Å². The quantitative estimate of drug-likeness (QED) is 0.488. The van der Waals surface area contributed by atoms with Crippen molar-refractivity contribution < 1.29 is 13.7 Å². The molecule has 3 rings (SSSR count). The first kappa shape index (κ1) is 18.2. The second kappa shape index (κ2) is 8.70. The van der Waals surface area contributed by atoms with Crippen LogP contribution in [0.25, 0.3) is 11.5 Å². The monoisotopic (exact) mass is 354 g/mol. The van der Waals surface area contributed by atoms with Crippen molar-refractivity contribution in [2.75, 3.05) is 6.61 Å². The Hall–Kier alpha value is -2.56. The summed E-state index contributed by atoms with van der Waals surface area (Å²) in [5.74, 6) is 2.61. The number of benzene rings is 1. The lowest BCUT2D eigenvalue weighted by atomic mass is 10.0. The molecule has 3 aromatic rings. The summed E-state index contributed by atoms with van der Waals surface area (Å²) >= 11 is 0. The van der Waals surface area contributed by atoms with Crippen LogP contribution < -0.4 is 4.74 Å². The minimum absolute atomic E-state index is 0.650. The maximum atomic E-state index is 6.10.